The van der Waals surface area contributed by atoms with Gasteiger partial charge >= 0.3 is 0 Å². The van der Waals surface area contributed by atoms with Gasteiger partial charge < -0.3 is 14.4 Å². The van der Waals surface area contributed by atoms with Crippen LogP contribution in [0.25, 0.3) is 72.0 Å². The molecular formula is C66H47N3. The van der Waals surface area contributed by atoms with E-state index in [1.807, 2.05) is 0 Å². The Labute approximate surface area is 403 Å². The van der Waals surface area contributed by atoms with Crippen molar-refractivity contribution in [2.24, 2.45) is 0 Å². The predicted octanol–water partition coefficient (Wildman–Crippen LogP) is 18.4. The van der Waals surface area contributed by atoms with Crippen LogP contribution in [0, 0.1) is 0 Å². The minimum absolute atomic E-state index is 1.09. The Morgan fingerprint density at radius 1 is 0.203 bits per heavy atom. The number of rotatable bonds is 11. The van der Waals surface area contributed by atoms with Crippen LogP contribution in [0.3, 0.4) is 0 Å². The highest BCUT2D eigenvalue weighted by Crippen LogP contribution is 2.42. The molecule has 1 heterocycles. The number of hydrogen-bond donors (Lipinski definition) is 0. The van der Waals surface area contributed by atoms with Crippen molar-refractivity contribution in [2.75, 3.05) is 9.80 Å². The quantitative estimate of drug-likeness (QED) is 0.128. The maximum Gasteiger partial charge on any atom is 0.0542 e. The lowest BCUT2D eigenvalue weighted by Crippen LogP contribution is -2.09. The average molecular weight is 882 g/mol. The van der Waals surface area contributed by atoms with Crippen molar-refractivity contribution in [3.8, 4) is 50.2 Å². The van der Waals surface area contributed by atoms with Crippen LogP contribution in [0.5, 0.6) is 0 Å². The van der Waals surface area contributed by atoms with Crippen molar-refractivity contribution in [2.45, 2.75) is 0 Å². The topological polar surface area (TPSA) is 11.4 Å². The average Bonchev–Trinajstić information content (AvgIpc) is 3.76. The summed E-state index contributed by atoms with van der Waals surface area (Å²) in [5.74, 6) is 0. The van der Waals surface area contributed by atoms with Crippen LogP contribution in [0.2, 0.25) is 0 Å². The van der Waals surface area contributed by atoms with E-state index < -0.39 is 0 Å². The fraction of sp³-hybridized carbons (Fsp3) is 0. The minimum Gasteiger partial charge on any atom is -0.311 e. The van der Waals surface area contributed by atoms with Crippen molar-refractivity contribution in [1.29, 1.82) is 0 Å². The molecule has 0 fully saturated rings. The highest BCUT2D eigenvalue weighted by molar-refractivity contribution is 6.10. The second kappa shape index (κ2) is 18.2. The van der Waals surface area contributed by atoms with Crippen molar-refractivity contribution >= 4 is 55.9 Å². The molecule has 0 radical (unpaired) electrons. The van der Waals surface area contributed by atoms with Gasteiger partial charge in [-0.05, 0) is 160 Å². The molecule has 3 nitrogen and oxygen atoms in total. The van der Waals surface area contributed by atoms with Gasteiger partial charge in [-0.15, -0.1) is 0 Å². The van der Waals surface area contributed by atoms with Gasteiger partial charge in [0, 0.05) is 50.6 Å². The zero-order valence-corrected chi connectivity index (χ0v) is 38.0. The molecule has 0 N–H and O–H groups in total. The number of anilines is 6. The third-order valence-electron chi connectivity index (χ3n) is 13.1. The van der Waals surface area contributed by atoms with E-state index in [-0.39, 0.29) is 0 Å². The van der Waals surface area contributed by atoms with E-state index in [9.17, 15) is 0 Å². The van der Waals surface area contributed by atoms with E-state index in [2.05, 4.69) is 299 Å². The van der Waals surface area contributed by atoms with Crippen LogP contribution >= 0.6 is 0 Å². The SMILES string of the molecule is c1ccc(-c2ccc(N(c3ccccc3)c3ccc(-c4cc(-c5ccccc5)cc(-c5ccc(N(c6ccccc6)c6ccc7c(c6)c6ccccc6n7-c6ccccc6)cc5)c4)cc3)cc2)cc1. The van der Waals surface area contributed by atoms with E-state index in [0.29, 0.717) is 0 Å². The molecule has 0 atom stereocenters. The molecule has 0 aliphatic heterocycles. The van der Waals surface area contributed by atoms with Crippen LogP contribution in [0.15, 0.2) is 285 Å². The van der Waals surface area contributed by atoms with E-state index in [0.717, 1.165) is 62.1 Å². The van der Waals surface area contributed by atoms with Crippen molar-refractivity contribution in [1.82, 2.24) is 4.57 Å². The number of para-hydroxylation sites is 4. The minimum atomic E-state index is 1.09. The molecule has 1 aromatic heterocycles. The van der Waals surface area contributed by atoms with Gasteiger partial charge in [-0.25, -0.2) is 0 Å². The Bertz CT molecular complexity index is 3660. The number of aromatic nitrogens is 1. The van der Waals surface area contributed by atoms with Crippen LogP contribution in [-0.2, 0) is 0 Å². The van der Waals surface area contributed by atoms with Crippen LogP contribution in [0.1, 0.15) is 0 Å². The summed E-state index contributed by atoms with van der Waals surface area (Å²) < 4.78 is 2.37. The van der Waals surface area contributed by atoms with Crippen LogP contribution in [-0.4, -0.2) is 4.57 Å². The molecule has 326 valence electrons. The lowest BCUT2D eigenvalue weighted by Gasteiger charge is -2.26. The molecule has 0 aliphatic carbocycles. The Morgan fingerprint density at radius 2 is 0.522 bits per heavy atom. The molecule has 69 heavy (non-hydrogen) atoms. The number of hydrogen-bond acceptors (Lipinski definition) is 2. The Kier molecular flexibility index (Phi) is 10.9. The fourth-order valence-electron chi connectivity index (χ4n) is 9.80. The maximum absolute atomic E-state index is 2.37. The first-order valence-electron chi connectivity index (χ1n) is 23.6. The lowest BCUT2D eigenvalue weighted by molar-refractivity contribution is 1.18. The fourth-order valence-corrected chi connectivity index (χ4v) is 9.80. The summed E-state index contributed by atoms with van der Waals surface area (Å²) in [6.07, 6.45) is 0. The number of nitrogens with zero attached hydrogens (tertiary/aromatic N) is 3. The molecule has 0 amide bonds. The first-order chi connectivity index (χ1) is 34.2. The van der Waals surface area contributed by atoms with Gasteiger partial charge in [0.05, 0.1) is 11.0 Å². The molecule has 0 saturated carbocycles. The van der Waals surface area contributed by atoms with Crippen molar-refractivity contribution < 1.29 is 0 Å². The Hall–Kier alpha value is -9.18. The highest BCUT2D eigenvalue weighted by Gasteiger charge is 2.19. The zero-order valence-electron chi connectivity index (χ0n) is 38.0. The predicted molar refractivity (Wildman–Crippen MR) is 292 cm³/mol. The lowest BCUT2D eigenvalue weighted by atomic mass is 9.93. The Balaban J connectivity index is 0.909. The standard InChI is InChI=1S/C66H47N3/c1-6-18-48(19-7-1)50-30-36-59(37-31-50)67(56-22-10-3-11-23-56)60-38-32-51(33-39-60)54-44-53(49-20-8-2-9-21-49)45-55(46-54)52-34-40-61(41-35-52)68(57-24-12-4-13-25-57)62-42-43-66-64(47-62)63-28-16-17-29-65(63)69(66)58-26-14-5-15-27-58/h1-47H. The second-order valence-corrected chi connectivity index (χ2v) is 17.4. The van der Waals surface area contributed by atoms with Gasteiger partial charge in [0.15, 0.2) is 0 Å². The largest absolute Gasteiger partial charge is 0.311 e. The molecule has 0 spiro atoms. The van der Waals surface area contributed by atoms with Gasteiger partial charge in [-0.2, -0.15) is 0 Å². The summed E-state index contributed by atoms with van der Waals surface area (Å²) in [5.41, 5.74) is 19.5. The summed E-state index contributed by atoms with van der Waals surface area (Å²) >= 11 is 0. The molecule has 0 saturated heterocycles. The summed E-state index contributed by atoms with van der Waals surface area (Å²) in [6.45, 7) is 0. The molecule has 0 aliphatic rings. The van der Waals surface area contributed by atoms with Gasteiger partial charge in [0.25, 0.3) is 0 Å². The smallest absolute Gasteiger partial charge is 0.0542 e. The summed E-state index contributed by atoms with van der Waals surface area (Å²) in [4.78, 5) is 4.69. The summed E-state index contributed by atoms with van der Waals surface area (Å²) in [5, 5.41) is 2.45. The van der Waals surface area contributed by atoms with Crippen molar-refractivity contribution in [3.63, 3.8) is 0 Å². The molecule has 0 unspecified atom stereocenters. The number of benzene rings is 11. The van der Waals surface area contributed by atoms with Gasteiger partial charge in [-0.1, -0.05) is 170 Å². The van der Waals surface area contributed by atoms with Crippen LogP contribution < -0.4 is 9.80 Å². The first-order valence-corrected chi connectivity index (χ1v) is 23.6. The van der Waals surface area contributed by atoms with Gasteiger partial charge in [0.1, 0.15) is 0 Å². The monoisotopic (exact) mass is 881 g/mol. The maximum atomic E-state index is 2.37. The molecule has 0 bridgehead atoms. The molecule has 12 rings (SSSR count). The molecule has 11 aromatic carbocycles. The highest BCUT2D eigenvalue weighted by atomic mass is 15.1. The normalized spacial score (nSPS) is 11.2. The van der Waals surface area contributed by atoms with Gasteiger partial charge in [0.2, 0.25) is 0 Å². The molecule has 12 aromatic rings. The first kappa shape index (κ1) is 41.3. The van der Waals surface area contributed by atoms with Crippen molar-refractivity contribution in [3.05, 3.63) is 285 Å². The Morgan fingerprint density at radius 3 is 1.00 bits per heavy atom. The second-order valence-electron chi connectivity index (χ2n) is 17.4. The number of fused-ring (bicyclic) bond motifs is 3. The van der Waals surface area contributed by atoms with E-state index in [1.54, 1.807) is 0 Å². The zero-order chi connectivity index (χ0) is 45.9. The third-order valence-corrected chi connectivity index (χ3v) is 13.1. The summed E-state index contributed by atoms with van der Waals surface area (Å²) in [6, 6.07) is 103. The molecular weight excluding hydrogens is 835 g/mol. The van der Waals surface area contributed by atoms with E-state index in [4.69, 9.17) is 0 Å². The summed E-state index contributed by atoms with van der Waals surface area (Å²) in [7, 11) is 0. The van der Waals surface area contributed by atoms with E-state index in [1.165, 1.54) is 44.1 Å². The van der Waals surface area contributed by atoms with E-state index >= 15 is 0 Å². The van der Waals surface area contributed by atoms with Gasteiger partial charge in [-0.3, -0.25) is 0 Å². The third kappa shape index (κ3) is 8.13. The molecule has 3 heteroatoms. The van der Waals surface area contributed by atoms with Crippen LogP contribution in [0.4, 0.5) is 34.1 Å².